The maximum Gasteiger partial charge on any atom is 0.243 e. The molecule has 1 aliphatic rings. The van der Waals surface area contributed by atoms with Crippen LogP contribution < -0.4 is 0 Å². The van der Waals surface area contributed by atoms with Gasteiger partial charge in [-0.2, -0.15) is 4.31 Å². The van der Waals surface area contributed by atoms with Crippen LogP contribution in [0.15, 0.2) is 59.5 Å². The van der Waals surface area contributed by atoms with E-state index in [-0.39, 0.29) is 23.9 Å². The van der Waals surface area contributed by atoms with Gasteiger partial charge in [0.15, 0.2) is 0 Å². The number of amides is 1. The molecule has 1 amide bonds. The van der Waals surface area contributed by atoms with Crippen molar-refractivity contribution < 1.29 is 13.2 Å². The Morgan fingerprint density at radius 1 is 1.11 bits per heavy atom. The van der Waals surface area contributed by atoms with Crippen molar-refractivity contribution in [1.82, 2.24) is 9.21 Å². The van der Waals surface area contributed by atoms with Crippen molar-refractivity contribution in [2.45, 2.75) is 36.7 Å². The summed E-state index contributed by atoms with van der Waals surface area (Å²) in [5.74, 6) is -0.219. The standard InChI is InChI=1S/C20H23ClN2O3S/c1-15-8-10-18(11-9-15)27(25,26)23-14-20(24)22(13-19(23)16(2)21)12-17-6-4-3-5-7-17/h3-11,16,19H,12-14H2,1-2H3. The second-order valence-corrected chi connectivity index (χ2v) is 9.45. The number of hydrogen-bond acceptors (Lipinski definition) is 3. The van der Waals surface area contributed by atoms with Crippen LogP contribution in [-0.4, -0.2) is 48.0 Å². The summed E-state index contributed by atoms with van der Waals surface area (Å²) in [6, 6.07) is 15.8. The Morgan fingerprint density at radius 2 is 1.74 bits per heavy atom. The third kappa shape index (κ3) is 4.34. The summed E-state index contributed by atoms with van der Waals surface area (Å²) >= 11 is 6.34. The molecule has 1 aliphatic heterocycles. The van der Waals surface area contributed by atoms with Crippen LogP contribution in [-0.2, 0) is 21.4 Å². The zero-order valence-corrected chi connectivity index (χ0v) is 16.9. The van der Waals surface area contributed by atoms with E-state index in [9.17, 15) is 13.2 Å². The van der Waals surface area contributed by atoms with Crippen molar-refractivity contribution in [3.63, 3.8) is 0 Å². The second kappa shape index (κ2) is 8.00. The molecule has 0 saturated carbocycles. The summed E-state index contributed by atoms with van der Waals surface area (Å²) in [6.07, 6.45) is 0. The Morgan fingerprint density at radius 3 is 2.33 bits per heavy atom. The first-order valence-electron chi connectivity index (χ1n) is 8.83. The fraction of sp³-hybridized carbons (Fsp3) is 0.350. The van der Waals surface area contributed by atoms with E-state index in [1.807, 2.05) is 37.3 Å². The molecular formula is C20H23ClN2O3S. The highest BCUT2D eigenvalue weighted by Gasteiger charge is 2.41. The number of rotatable bonds is 5. The van der Waals surface area contributed by atoms with Crippen LogP contribution in [0.3, 0.4) is 0 Å². The van der Waals surface area contributed by atoms with Crippen molar-refractivity contribution in [1.29, 1.82) is 0 Å². The molecule has 1 saturated heterocycles. The summed E-state index contributed by atoms with van der Waals surface area (Å²) < 4.78 is 27.5. The van der Waals surface area contributed by atoms with Gasteiger partial charge >= 0.3 is 0 Å². The summed E-state index contributed by atoms with van der Waals surface area (Å²) in [5, 5.41) is -0.434. The topological polar surface area (TPSA) is 57.7 Å². The van der Waals surface area contributed by atoms with Crippen LogP contribution in [0.1, 0.15) is 18.1 Å². The van der Waals surface area contributed by atoms with Gasteiger partial charge in [0.1, 0.15) is 0 Å². The Labute approximate surface area is 165 Å². The summed E-state index contributed by atoms with van der Waals surface area (Å²) in [7, 11) is -3.80. The van der Waals surface area contributed by atoms with E-state index < -0.39 is 21.4 Å². The monoisotopic (exact) mass is 406 g/mol. The lowest BCUT2D eigenvalue weighted by atomic mass is 10.1. The minimum absolute atomic E-state index is 0.180. The maximum atomic E-state index is 13.1. The number of alkyl halides is 1. The van der Waals surface area contributed by atoms with Crippen molar-refractivity contribution in [3.8, 4) is 0 Å². The SMILES string of the molecule is Cc1ccc(S(=O)(=O)N2CC(=O)N(Cc3ccccc3)CC2C(C)Cl)cc1. The van der Waals surface area contributed by atoms with E-state index in [4.69, 9.17) is 11.6 Å². The molecule has 144 valence electrons. The van der Waals surface area contributed by atoms with E-state index in [0.717, 1.165) is 11.1 Å². The van der Waals surface area contributed by atoms with Crippen LogP contribution in [0, 0.1) is 6.92 Å². The highest BCUT2D eigenvalue weighted by molar-refractivity contribution is 7.89. The molecule has 5 nitrogen and oxygen atoms in total. The molecule has 2 atom stereocenters. The third-order valence-electron chi connectivity index (χ3n) is 4.80. The average Bonchev–Trinajstić information content (AvgIpc) is 2.64. The summed E-state index contributed by atoms with van der Waals surface area (Å²) in [5.41, 5.74) is 1.97. The van der Waals surface area contributed by atoms with Crippen LogP contribution in [0.5, 0.6) is 0 Å². The van der Waals surface area contributed by atoms with E-state index >= 15 is 0 Å². The molecule has 7 heteroatoms. The zero-order valence-electron chi connectivity index (χ0n) is 15.4. The number of carbonyl (C=O) groups excluding carboxylic acids is 1. The second-order valence-electron chi connectivity index (χ2n) is 6.87. The molecule has 1 fully saturated rings. The minimum atomic E-state index is -3.80. The molecule has 1 heterocycles. The third-order valence-corrected chi connectivity index (χ3v) is 6.97. The molecule has 0 N–H and O–H groups in total. The molecule has 0 bridgehead atoms. The molecule has 2 aromatic rings. The van der Waals surface area contributed by atoms with Crippen molar-refractivity contribution >= 4 is 27.5 Å². The lowest BCUT2D eigenvalue weighted by molar-refractivity contribution is -0.136. The Kier molecular flexibility index (Phi) is 5.89. The number of hydrogen-bond donors (Lipinski definition) is 0. The predicted molar refractivity (Wildman–Crippen MR) is 106 cm³/mol. The quantitative estimate of drug-likeness (QED) is 0.717. The maximum absolute atomic E-state index is 13.1. The first kappa shape index (κ1) is 19.9. The summed E-state index contributed by atoms with van der Waals surface area (Å²) in [4.78, 5) is 14.5. The van der Waals surface area contributed by atoms with Gasteiger partial charge in [0.05, 0.1) is 17.5 Å². The van der Waals surface area contributed by atoms with Gasteiger partial charge < -0.3 is 4.90 Å². The Balaban J connectivity index is 1.86. The van der Waals surface area contributed by atoms with Crippen molar-refractivity contribution in [3.05, 3.63) is 65.7 Å². The molecule has 0 aromatic heterocycles. The predicted octanol–water partition coefficient (Wildman–Crippen LogP) is 3.02. The van der Waals surface area contributed by atoms with Gasteiger partial charge in [0.2, 0.25) is 15.9 Å². The van der Waals surface area contributed by atoms with Gasteiger partial charge in [0.25, 0.3) is 0 Å². The van der Waals surface area contributed by atoms with Gasteiger partial charge in [-0.15, -0.1) is 11.6 Å². The Bertz CT molecular complexity index is 899. The fourth-order valence-electron chi connectivity index (χ4n) is 3.21. The number of carbonyl (C=O) groups is 1. The lowest BCUT2D eigenvalue weighted by Crippen LogP contribution is -2.59. The first-order valence-corrected chi connectivity index (χ1v) is 10.7. The van der Waals surface area contributed by atoms with E-state index in [1.165, 1.54) is 4.31 Å². The number of halogens is 1. The molecular weight excluding hydrogens is 384 g/mol. The van der Waals surface area contributed by atoms with Crippen LogP contribution in [0.25, 0.3) is 0 Å². The molecule has 0 spiro atoms. The molecule has 2 unspecified atom stereocenters. The normalized spacial score (nSPS) is 19.9. The van der Waals surface area contributed by atoms with E-state index in [1.54, 1.807) is 36.1 Å². The minimum Gasteiger partial charge on any atom is -0.336 e. The summed E-state index contributed by atoms with van der Waals surface area (Å²) in [6.45, 7) is 4.17. The molecule has 0 radical (unpaired) electrons. The van der Waals surface area contributed by atoms with Gasteiger partial charge in [-0.1, -0.05) is 48.0 Å². The van der Waals surface area contributed by atoms with Gasteiger partial charge in [-0.25, -0.2) is 8.42 Å². The number of benzene rings is 2. The molecule has 0 aliphatic carbocycles. The van der Waals surface area contributed by atoms with Gasteiger partial charge in [-0.05, 0) is 31.5 Å². The number of sulfonamides is 1. The van der Waals surface area contributed by atoms with Gasteiger partial charge in [-0.3, -0.25) is 4.79 Å². The van der Waals surface area contributed by atoms with Crippen molar-refractivity contribution in [2.24, 2.45) is 0 Å². The number of piperazine rings is 1. The van der Waals surface area contributed by atoms with Crippen LogP contribution >= 0.6 is 11.6 Å². The molecule has 3 rings (SSSR count). The smallest absolute Gasteiger partial charge is 0.243 e. The number of nitrogens with zero attached hydrogens (tertiary/aromatic N) is 2. The van der Waals surface area contributed by atoms with Crippen LogP contribution in [0.2, 0.25) is 0 Å². The highest BCUT2D eigenvalue weighted by Crippen LogP contribution is 2.26. The van der Waals surface area contributed by atoms with Crippen LogP contribution in [0.4, 0.5) is 0 Å². The molecule has 27 heavy (non-hydrogen) atoms. The molecule has 2 aromatic carbocycles. The fourth-order valence-corrected chi connectivity index (χ4v) is 5.13. The number of aryl methyl sites for hydroxylation is 1. The average molecular weight is 407 g/mol. The zero-order chi connectivity index (χ0) is 19.6. The van der Waals surface area contributed by atoms with Crippen molar-refractivity contribution in [2.75, 3.05) is 13.1 Å². The first-order chi connectivity index (χ1) is 12.8. The van der Waals surface area contributed by atoms with Gasteiger partial charge in [0, 0.05) is 18.5 Å². The van der Waals surface area contributed by atoms with E-state index in [2.05, 4.69) is 0 Å². The Hall–Kier alpha value is -1.89. The highest BCUT2D eigenvalue weighted by atomic mass is 35.5. The van der Waals surface area contributed by atoms with E-state index in [0.29, 0.717) is 6.54 Å². The largest absolute Gasteiger partial charge is 0.336 e. The lowest BCUT2D eigenvalue weighted by Gasteiger charge is -2.41.